The highest BCUT2D eigenvalue weighted by atomic mass is 16.4. The summed E-state index contributed by atoms with van der Waals surface area (Å²) in [6.07, 6.45) is 2.08. The highest BCUT2D eigenvalue weighted by molar-refractivity contribution is 5.94. The van der Waals surface area contributed by atoms with Crippen molar-refractivity contribution in [1.82, 2.24) is 0 Å². The number of benzene rings is 1. The number of nitrogens with zero attached hydrogens (tertiary/aromatic N) is 1. The van der Waals surface area contributed by atoms with Gasteiger partial charge in [-0.1, -0.05) is 6.08 Å². The number of hydrogen-bond acceptors (Lipinski definition) is 3. The largest absolute Gasteiger partial charge is 0.423 e. The molecule has 1 aromatic carbocycles. The van der Waals surface area contributed by atoms with Gasteiger partial charge in [-0.05, 0) is 51.8 Å². The molecule has 2 heterocycles. The van der Waals surface area contributed by atoms with Crippen LogP contribution in [0.2, 0.25) is 0 Å². The third-order valence-electron chi connectivity index (χ3n) is 4.19. The third kappa shape index (κ3) is 2.08. The van der Waals surface area contributed by atoms with Gasteiger partial charge in [0.15, 0.2) is 0 Å². The standard InChI is InChI=1S/C18H19NO2/c1-6-19-15-9-16-14(11(2)7-17(20)21-16)8-13(15)12(3)10-18(19,4)5/h3,7-10H,6H2,1-2,4-5H3. The molecule has 3 nitrogen and oxygen atoms in total. The monoisotopic (exact) mass is 281 g/mol. The van der Waals surface area contributed by atoms with Gasteiger partial charge in [0.05, 0.1) is 5.54 Å². The second-order valence-electron chi connectivity index (χ2n) is 6.11. The van der Waals surface area contributed by atoms with Crippen LogP contribution in [-0.4, -0.2) is 12.1 Å². The number of hydrogen-bond donors (Lipinski definition) is 0. The van der Waals surface area contributed by atoms with Gasteiger partial charge in [0.1, 0.15) is 5.58 Å². The van der Waals surface area contributed by atoms with Crippen LogP contribution in [0.4, 0.5) is 5.69 Å². The fourth-order valence-electron chi connectivity index (χ4n) is 3.23. The maximum Gasteiger partial charge on any atom is 0.336 e. The minimum absolute atomic E-state index is 0.163. The molecule has 0 unspecified atom stereocenters. The molecular formula is C18H19NO2. The van der Waals surface area contributed by atoms with Crippen LogP contribution in [0, 0.1) is 13.8 Å². The summed E-state index contributed by atoms with van der Waals surface area (Å²) in [4.78, 5) is 13.9. The molecule has 0 bridgehead atoms. The van der Waals surface area contributed by atoms with E-state index < -0.39 is 0 Å². The molecule has 0 amide bonds. The van der Waals surface area contributed by atoms with Crippen molar-refractivity contribution < 1.29 is 4.42 Å². The zero-order chi connectivity index (χ0) is 15.4. The van der Waals surface area contributed by atoms with Crippen molar-refractivity contribution in [1.29, 1.82) is 0 Å². The molecule has 0 fully saturated rings. The first-order valence-electron chi connectivity index (χ1n) is 7.18. The molecular weight excluding hydrogens is 262 g/mol. The summed E-state index contributed by atoms with van der Waals surface area (Å²) < 4.78 is 5.36. The number of aryl methyl sites for hydroxylation is 1. The Morgan fingerprint density at radius 2 is 2.00 bits per heavy atom. The number of allylic oxidation sites excluding steroid dienone is 1. The molecule has 1 aliphatic heterocycles. The Morgan fingerprint density at radius 1 is 1.29 bits per heavy atom. The molecule has 108 valence electrons. The van der Waals surface area contributed by atoms with Crippen LogP contribution in [0.25, 0.3) is 16.5 Å². The zero-order valence-electron chi connectivity index (χ0n) is 12.9. The number of likely N-dealkylation sites (N-methyl/N-ethyl adjacent to an activating group) is 1. The van der Waals surface area contributed by atoms with E-state index in [1.807, 2.05) is 19.1 Å². The van der Waals surface area contributed by atoms with Gasteiger partial charge in [-0.2, -0.15) is 0 Å². The lowest BCUT2D eigenvalue weighted by Gasteiger charge is -2.42. The van der Waals surface area contributed by atoms with Gasteiger partial charge in [-0.15, -0.1) is 0 Å². The summed E-state index contributed by atoms with van der Waals surface area (Å²) in [5.74, 6) is 0. The van der Waals surface area contributed by atoms with Crippen molar-refractivity contribution in [2.24, 2.45) is 0 Å². The van der Waals surface area contributed by atoms with Gasteiger partial charge in [0.25, 0.3) is 0 Å². The Morgan fingerprint density at radius 3 is 2.67 bits per heavy atom. The minimum Gasteiger partial charge on any atom is -0.423 e. The van der Waals surface area contributed by atoms with Crippen LogP contribution in [-0.2, 0) is 0 Å². The predicted molar refractivity (Wildman–Crippen MR) is 86.6 cm³/mol. The molecule has 2 radical (unpaired) electrons. The average Bonchev–Trinajstić information content (AvgIpc) is 2.36. The predicted octanol–water partition coefficient (Wildman–Crippen LogP) is 3.81. The van der Waals surface area contributed by atoms with E-state index in [2.05, 4.69) is 31.7 Å². The first-order chi connectivity index (χ1) is 9.83. The molecule has 2 aromatic rings. The van der Waals surface area contributed by atoms with Crippen LogP contribution in [0.15, 0.2) is 33.5 Å². The fraction of sp³-hybridized carbons (Fsp3) is 0.333. The summed E-state index contributed by atoms with van der Waals surface area (Å²) in [7, 11) is 0. The Balaban J connectivity index is 2.38. The van der Waals surface area contributed by atoms with Gasteiger partial charge in [0, 0.05) is 35.3 Å². The summed E-state index contributed by atoms with van der Waals surface area (Å²) in [6.45, 7) is 15.4. The van der Waals surface area contributed by atoms with E-state index in [0.717, 1.165) is 34.3 Å². The molecule has 0 atom stereocenters. The lowest BCUT2D eigenvalue weighted by Crippen LogP contribution is -2.44. The van der Waals surface area contributed by atoms with Gasteiger partial charge in [0.2, 0.25) is 0 Å². The van der Waals surface area contributed by atoms with E-state index in [1.54, 1.807) is 0 Å². The van der Waals surface area contributed by atoms with Crippen molar-refractivity contribution in [2.75, 3.05) is 11.4 Å². The number of rotatable bonds is 1. The molecule has 1 aliphatic rings. The first kappa shape index (κ1) is 13.9. The molecule has 0 saturated carbocycles. The fourth-order valence-corrected chi connectivity index (χ4v) is 3.23. The lowest BCUT2D eigenvalue weighted by molar-refractivity contribution is 0.553. The summed E-state index contributed by atoms with van der Waals surface area (Å²) in [5, 5.41) is 0.931. The van der Waals surface area contributed by atoms with Crippen LogP contribution < -0.4 is 10.5 Å². The SMILES string of the molecule is [CH]C1=CC(C)(C)N(CC)c2cc3oc(=O)cc(C)c3cc21. The normalized spacial score (nSPS) is 16.8. The highest BCUT2D eigenvalue weighted by Crippen LogP contribution is 2.40. The van der Waals surface area contributed by atoms with E-state index in [9.17, 15) is 4.79 Å². The van der Waals surface area contributed by atoms with Crippen molar-refractivity contribution in [3.63, 3.8) is 0 Å². The van der Waals surface area contributed by atoms with Crippen LogP contribution in [0.3, 0.4) is 0 Å². The topological polar surface area (TPSA) is 33.5 Å². The van der Waals surface area contributed by atoms with E-state index in [1.165, 1.54) is 6.07 Å². The van der Waals surface area contributed by atoms with Crippen molar-refractivity contribution >= 4 is 22.2 Å². The Kier molecular flexibility index (Phi) is 2.97. The van der Waals surface area contributed by atoms with Gasteiger partial charge in [-0.3, -0.25) is 0 Å². The van der Waals surface area contributed by atoms with Crippen molar-refractivity contribution in [2.45, 2.75) is 33.2 Å². The smallest absolute Gasteiger partial charge is 0.336 e. The second kappa shape index (κ2) is 4.48. The highest BCUT2D eigenvalue weighted by Gasteiger charge is 2.30. The van der Waals surface area contributed by atoms with Crippen LogP contribution in [0.1, 0.15) is 31.9 Å². The van der Waals surface area contributed by atoms with Crippen molar-refractivity contribution in [3.05, 3.63) is 52.7 Å². The molecule has 0 spiro atoms. The van der Waals surface area contributed by atoms with Gasteiger partial charge >= 0.3 is 5.63 Å². The molecule has 0 saturated heterocycles. The molecule has 21 heavy (non-hydrogen) atoms. The van der Waals surface area contributed by atoms with E-state index in [0.29, 0.717) is 5.58 Å². The van der Waals surface area contributed by atoms with Crippen LogP contribution >= 0.6 is 0 Å². The first-order valence-corrected chi connectivity index (χ1v) is 7.18. The minimum atomic E-state index is -0.318. The van der Waals surface area contributed by atoms with Gasteiger partial charge < -0.3 is 9.32 Å². The molecule has 0 N–H and O–H groups in total. The third-order valence-corrected chi connectivity index (χ3v) is 4.19. The number of anilines is 1. The van der Waals surface area contributed by atoms with Crippen molar-refractivity contribution in [3.8, 4) is 0 Å². The number of fused-ring (bicyclic) bond motifs is 2. The maximum atomic E-state index is 11.6. The maximum absolute atomic E-state index is 11.6. The molecule has 0 aliphatic carbocycles. The second-order valence-corrected chi connectivity index (χ2v) is 6.11. The Labute approximate surface area is 124 Å². The summed E-state index contributed by atoms with van der Waals surface area (Å²) in [5.41, 5.74) is 3.83. The summed E-state index contributed by atoms with van der Waals surface area (Å²) in [6, 6.07) is 5.47. The van der Waals surface area contributed by atoms with E-state index in [-0.39, 0.29) is 11.2 Å². The Bertz CT molecular complexity index is 812. The molecule has 1 aromatic heterocycles. The summed E-state index contributed by atoms with van der Waals surface area (Å²) >= 11 is 0. The Hall–Kier alpha value is -2.03. The lowest BCUT2D eigenvalue weighted by atomic mass is 9.88. The molecule has 3 heteroatoms. The van der Waals surface area contributed by atoms with Gasteiger partial charge in [-0.25, -0.2) is 4.79 Å². The van der Waals surface area contributed by atoms with Crippen LogP contribution in [0.5, 0.6) is 0 Å². The zero-order valence-corrected chi connectivity index (χ0v) is 12.9. The van der Waals surface area contributed by atoms with E-state index in [4.69, 9.17) is 11.3 Å². The van der Waals surface area contributed by atoms with E-state index >= 15 is 0 Å². The average molecular weight is 281 g/mol. The quantitative estimate of drug-likeness (QED) is 0.745. The molecule has 3 rings (SSSR count).